The van der Waals surface area contributed by atoms with Crippen LogP contribution in [-0.4, -0.2) is 40.4 Å². The monoisotopic (exact) mass is 215 g/mol. The Morgan fingerprint density at radius 3 is 2.60 bits per heavy atom. The second kappa shape index (κ2) is 4.39. The van der Waals surface area contributed by atoms with Crippen molar-refractivity contribution in [1.29, 1.82) is 0 Å². The zero-order valence-corrected chi connectivity index (χ0v) is 9.99. The van der Waals surface area contributed by atoms with Crippen molar-refractivity contribution in [3.05, 3.63) is 0 Å². The number of aliphatic hydroxyl groups is 1. The highest BCUT2D eigenvalue weighted by atomic mass is 16.6. The number of hydrogen-bond donors (Lipinski definition) is 1. The van der Waals surface area contributed by atoms with Crippen molar-refractivity contribution in [3.8, 4) is 0 Å². The molecule has 1 saturated heterocycles. The maximum atomic E-state index is 11.8. The molecule has 1 amide bonds. The molecule has 0 bridgehead atoms. The van der Waals surface area contributed by atoms with Crippen LogP contribution in [0.4, 0.5) is 4.79 Å². The molecule has 0 aromatic rings. The molecule has 4 heteroatoms. The SMILES string of the molecule is C[C@H](O)[C@@H]1CCCN1C(=O)OC(C)(C)C. The van der Waals surface area contributed by atoms with E-state index in [0.717, 1.165) is 12.8 Å². The van der Waals surface area contributed by atoms with Crippen LogP contribution >= 0.6 is 0 Å². The molecule has 4 nitrogen and oxygen atoms in total. The van der Waals surface area contributed by atoms with Gasteiger partial charge in [-0.05, 0) is 40.5 Å². The Balaban J connectivity index is 2.59. The van der Waals surface area contributed by atoms with Gasteiger partial charge in [0, 0.05) is 6.54 Å². The average molecular weight is 215 g/mol. The molecule has 0 aromatic heterocycles. The first-order valence-corrected chi connectivity index (χ1v) is 5.49. The Hall–Kier alpha value is -0.770. The van der Waals surface area contributed by atoms with Crippen LogP contribution in [0.5, 0.6) is 0 Å². The molecule has 1 aliphatic rings. The van der Waals surface area contributed by atoms with Gasteiger partial charge in [-0.1, -0.05) is 0 Å². The summed E-state index contributed by atoms with van der Waals surface area (Å²) in [4.78, 5) is 13.4. The molecule has 0 aromatic carbocycles. The third-order valence-corrected chi connectivity index (χ3v) is 2.48. The van der Waals surface area contributed by atoms with Crippen LogP contribution in [-0.2, 0) is 4.74 Å². The second-order valence-corrected chi connectivity index (χ2v) is 5.12. The highest BCUT2D eigenvalue weighted by Gasteiger charge is 2.34. The van der Waals surface area contributed by atoms with E-state index in [1.54, 1.807) is 11.8 Å². The zero-order chi connectivity index (χ0) is 11.6. The molecule has 1 heterocycles. The molecular formula is C11H21NO3. The molecule has 15 heavy (non-hydrogen) atoms. The second-order valence-electron chi connectivity index (χ2n) is 5.12. The lowest BCUT2D eigenvalue weighted by atomic mass is 10.1. The normalized spacial score (nSPS) is 24.1. The van der Waals surface area contributed by atoms with Gasteiger partial charge in [-0.15, -0.1) is 0 Å². The van der Waals surface area contributed by atoms with Gasteiger partial charge in [0.2, 0.25) is 0 Å². The van der Waals surface area contributed by atoms with E-state index in [2.05, 4.69) is 0 Å². The Morgan fingerprint density at radius 2 is 2.13 bits per heavy atom. The van der Waals surface area contributed by atoms with Crippen molar-refractivity contribution < 1.29 is 14.6 Å². The summed E-state index contributed by atoms with van der Waals surface area (Å²) in [6.07, 6.45) is 0.997. The van der Waals surface area contributed by atoms with Crippen molar-refractivity contribution in [3.63, 3.8) is 0 Å². The fourth-order valence-corrected chi connectivity index (χ4v) is 1.84. The minimum Gasteiger partial charge on any atom is -0.444 e. The van der Waals surface area contributed by atoms with Crippen LogP contribution in [0.25, 0.3) is 0 Å². The highest BCUT2D eigenvalue weighted by molar-refractivity contribution is 5.69. The predicted molar refractivity (Wildman–Crippen MR) is 57.6 cm³/mol. The summed E-state index contributed by atoms with van der Waals surface area (Å²) in [6.45, 7) is 7.94. The molecule has 2 atom stereocenters. The van der Waals surface area contributed by atoms with Crippen LogP contribution in [0.15, 0.2) is 0 Å². The van der Waals surface area contributed by atoms with Crippen LogP contribution in [0, 0.1) is 0 Å². The fourth-order valence-electron chi connectivity index (χ4n) is 1.84. The first kappa shape index (κ1) is 12.3. The lowest BCUT2D eigenvalue weighted by Crippen LogP contribution is -2.44. The van der Waals surface area contributed by atoms with Crippen LogP contribution in [0.1, 0.15) is 40.5 Å². The Kier molecular flexibility index (Phi) is 3.60. The summed E-state index contributed by atoms with van der Waals surface area (Å²) < 4.78 is 5.28. The van der Waals surface area contributed by atoms with E-state index in [0.29, 0.717) is 6.54 Å². The number of rotatable bonds is 1. The van der Waals surface area contributed by atoms with Gasteiger partial charge in [0.05, 0.1) is 12.1 Å². The van der Waals surface area contributed by atoms with Gasteiger partial charge in [0.25, 0.3) is 0 Å². The van der Waals surface area contributed by atoms with Crippen molar-refractivity contribution in [2.45, 2.75) is 58.3 Å². The summed E-state index contributed by atoms with van der Waals surface area (Å²) in [7, 11) is 0. The number of carbonyl (C=O) groups is 1. The van der Waals surface area contributed by atoms with Crippen molar-refractivity contribution in [2.75, 3.05) is 6.54 Å². The van der Waals surface area contributed by atoms with Gasteiger partial charge in [-0.3, -0.25) is 0 Å². The van der Waals surface area contributed by atoms with Crippen molar-refractivity contribution in [2.24, 2.45) is 0 Å². The lowest BCUT2D eigenvalue weighted by Gasteiger charge is -2.29. The smallest absolute Gasteiger partial charge is 0.410 e. The quantitative estimate of drug-likeness (QED) is 0.725. The summed E-state index contributed by atoms with van der Waals surface area (Å²) in [5.41, 5.74) is -0.469. The molecule has 1 aliphatic heterocycles. The zero-order valence-electron chi connectivity index (χ0n) is 9.99. The number of ether oxygens (including phenoxy) is 1. The Bertz CT molecular complexity index is 232. The number of carbonyl (C=O) groups excluding carboxylic acids is 1. The van der Waals surface area contributed by atoms with E-state index < -0.39 is 11.7 Å². The molecule has 0 aliphatic carbocycles. The number of hydrogen-bond acceptors (Lipinski definition) is 3. The topological polar surface area (TPSA) is 49.8 Å². The molecule has 0 spiro atoms. The maximum Gasteiger partial charge on any atom is 0.410 e. The number of likely N-dealkylation sites (tertiary alicyclic amines) is 1. The van der Waals surface area contributed by atoms with E-state index in [4.69, 9.17) is 4.74 Å². The summed E-state index contributed by atoms with van der Waals surface area (Å²) in [5.74, 6) is 0. The number of aliphatic hydroxyl groups excluding tert-OH is 1. The van der Waals surface area contributed by atoms with Gasteiger partial charge in [-0.25, -0.2) is 4.79 Å². The molecule has 88 valence electrons. The Labute approximate surface area is 91.2 Å². The molecule has 0 unspecified atom stereocenters. The minimum absolute atomic E-state index is 0.0835. The average Bonchev–Trinajstić information content (AvgIpc) is 2.47. The van der Waals surface area contributed by atoms with Gasteiger partial charge < -0.3 is 14.7 Å². The van der Waals surface area contributed by atoms with Crippen LogP contribution < -0.4 is 0 Å². The van der Waals surface area contributed by atoms with Crippen LogP contribution in [0.2, 0.25) is 0 Å². The lowest BCUT2D eigenvalue weighted by molar-refractivity contribution is 0.00801. The fraction of sp³-hybridized carbons (Fsp3) is 0.909. The maximum absolute atomic E-state index is 11.8. The van der Waals surface area contributed by atoms with E-state index in [1.807, 2.05) is 20.8 Å². The highest BCUT2D eigenvalue weighted by Crippen LogP contribution is 2.22. The molecular weight excluding hydrogens is 194 g/mol. The summed E-state index contributed by atoms with van der Waals surface area (Å²) >= 11 is 0. The molecule has 1 N–H and O–H groups in total. The third kappa shape index (κ3) is 3.38. The van der Waals surface area contributed by atoms with Crippen molar-refractivity contribution in [1.82, 2.24) is 4.90 Å². The summed E-state index contributed by atoms with van der Waals surface area (Å²) in [5, 5.41) is 9.52. The van der Waals surface area contributed by atoms with Gasteiger partial charge in [-0.2, -0.15) is 0 Å². The minimum atomic E-state index is -0.486. The molecule has 0 radical (unpaired) electrons. The van der Waals surface area contributed by atoms with Gasteiger partial charge >= 0.3 is 6.09 Å². The standard InChI is InChI=1S/C11H21NO3/c1-8(13)9-6-5-7-12(9)10(14)15-11(2,3)4/h8-9,13H,5-7H2,1-4H3/t8-,9-/m0/s1. The molecule has 1 fully saturated rings. The molecule has 1 rings (SSSR count). The van der Waals surface area contributed by atoms with Crippen LogP contribution in [0.3, 0.4) is 0 Å². The van der Waals surface area contributed by atoms with E-state index in [-0.39, 0.29) is 12.1 Å². The third-order valence-electron chi connectivity index (χ3n) is 2.48. The van der Waals surface area contributed by atoms with Crippen molar-refractivity contribution >= 4 is 6.09 Å². The molecule has 0 saturated carbocycles. The van der Waals surface area contributed by atoms with Gasteiger partial charge in [0.15, 0.2) is 0 Å². The summed E-state index contributed by atoms with van der Waals surface area (Å²) in [6, 6.07) is -0.0835. The first-order chi connectivity index (χ1) is 6.81. The van der Waals surface area contributed by atoms with E-state index in [9.17, 15) is 9.90 Å². The predicted octanol–water partition coefficient (Wildman–Crippen LogP) is 1.77. The van der Waals surface area contributed by atoms with Gasteiger partial charge in [0.1, 0.15) is 5.60 Å². The van der Waals surface area contributed by atoms with E-state index in [1.165, 1.54) is 0 Å². The first-order valence-electron chi connectivity index (χ1n) is 5.49. The number of amides is 1. The van der Waals surface area contributed by atoms with E-state index >= 15 is 0 Å². The largest absolute Gasteiger partial charge is 0.444 e. The Morgan fingerprint density at radius 1 is 1.53 bits per heavy atom. The number of nitrogens with zero attached hydrogens (tertiary/aromatic N) is 1.